The number of piperazine rings is 1. The first-order valence-electron chi connectivity index (χ1n) is 8.63. The SMILES string of the molecule is C#C.CCCC1CN(C(=O)c2n[nH]c(/C=C(\C)COC)c2C)CCN1. The number of aromatic nitrogens is 2. The van der Waals surface area contributed by atoms with Crippen molar-refractivity contribution in [2.24, 2.45) is 0 Å². The molecule has 1 unspecified atom stereocenters. The van der Waals surface area contributed by atoms with Crippen LogP contribution in [-0.2, 0) is 4.74 Å². The number of carbonyl (C=O) groups is 1. The molecule has 2 N–H and O–H groups in total. The molecule has 1 aliphatic heterocycles. The topological polar surface area (TPSA) is 70.2 Å². The van der Waals surface area contributed by atoms with Crippen molar-refractivity contribution in [2.45, 2.75) is 39.7 Å². The second-order valence-corrected chi connectivity index (χ2v) is 6.23. The summed E-state index contributed by atoms with van der Waals surface area (Å²) >= 11 is 0. The highest BCUT2D eigenvalue weighted by Gasteiger charge is 2.26. The summed E-state index contributed by atoms with van der Waals surface area (Å²) in [5, 5.41) is 10.7. The van der Waals surface area contributed by atoms with Crippen molar-refractivity contribution in [1.29, 1.82) is 0 Å². The number of H-pyrrole nitrogens is 1. The number of aromatic amines is 1. The maximum absolute atomic E-state index is 12.8. The van der Waals surface area contributed by atoms with Gasteiger partial charge in [-0.3, -0.25) is 9.89 Å². The van der Waals surface area contributed by atoms with Crippen LogP contribution in [-0.4, -0.2) is 60.4 Å². The number of hydrogen-bond acceptors (Lipinski definition) is 4. The quantitative estimate of drug-likeness (QED) is 0.775. The summed E-state index contributed by atoms with van der Waals surface area (Å²) in [5.41, 5.74) is 3.39. The molecule has 1 aliphatic rings. The Balaban J connectivity index is 0.00000151. The van der Waals surface area contributed by atoms with Crippen LogP contribution in [0.5, 0.6) is 0 Å². The summed E-state index contributed by atoms with van der Waals surface area (Å²) in [7, 11) is 1.67. The van der Waals surface area contributed by atoms with E-state index in [4.69, 9.17) is 4.74 Å². The molecule has 0 spiro atoms. The summed E-state index contributed by atoms with van der Waals surface area (Å²) in [6.07, 6.45) is 12.2. The van der Waals surface area contributed by atoms with Crippen molar-refractivity contribution >= 4 is 12.0 Å². The molecule has 1 saturated heterocycles. The zero-order chi connectivity index (χ0) is 18.8. The summed E-state index contributed by atoms with van der Waals surface area (Å²) in [6.45, 7) is 9.01. The van der Waals surface area contributed by atoms with Gasteiger partial charge in [-0.15, -0.1) is 12.8 Å². The zero-order valence-electron chi connectivity index (χ0n) is 15.8. The Morgan fingerprint density at radius 2 is 2.20 bits per heavy atom. The summed E-state index contributed by atoms with van der Waals surface area (Å²) in [4.78, 5) is 14.7. The lowest BCUT2D eigenvalue weighted by Crippen LogP contribution is -2.52. The van der Waals surface area contributed by atoms with E-state index in [0.29, 0.717) is 18.3 Å². The fourth-order valence-electron chi connectivity index (χ4n) is 2.98. The first-order chi connectivity index (χ1) is 12.1. The molecule has 6 heteroatoms. The van der Waals surface area contributed by atoms with Gasteiger partial charge in [-0.05, 0) is 31.9 Å². The third-order valence-electron chi connectivity index (χ3n) is 4.19. The molecule has 0 aromatic carbocycles. The van der Waals surface area contributed by atoms with Crippen LogP contribution in [0.2, 0.25) is 0 Å². The second-order valence-electron chi connectivity index (χ2n) is 6.23. The molecular weight excluding hydrogens is 316 g/mol. The Morgan fingerprint density at radius 1 is 1.48 bits per heavy atom. The Labute approximate surface area is 151 Å². The maximum atomic E-state index is 12.8. The predicted octanol–water partition coefficient (Wildman–Crippen LogP) is 2.23. The molecule has 1 fully saturated rings. The van der Waals surface area contributed by atoms with Crippen LogP contribution in [0.1, 0.15) is 48.4 Å². The summed E-state index contributed by atoms with van der Waals surface area (Å²) in [6, 6.07) is 0.389. The van der Waals surface area contributed by atoms with E-state index in [1.807, 2.05) is 24.8 Å². The average molecular weight is 346 g/mol. The third-order valence-corrected chi connectivity index (χ3v) is 4.19. The van der Waals surface area contributed by atoms with Gasteiger partial charge in [0, 0.05) is 38.3 Å². The fraction of sp³-hybridized carbons (Fsp3) is 0.579. The van der Waals surface area contributed by atoms with Crippen molar-refractivity contribution < 1.29 is 9.53 Å². The Morgan fingerprint density at radius 3 is 2.84 bits per heavy atom. The van der Waals surface area contributed by atoms with Gasteiger partial charge in [-0.2, -0.15) is 5.10 Å². The minimum Gasteiger partial charge on any atom is -0.380 e. The molecule has 25 heavy (non-hydrogen) atoms. The Hall–Kier alpha value is -2.10. The van der Waals surface area contributed by atoms with Gasteiger partial charge in [0.05, 0.1) is 12.3 Å². The van der Waals surface area contributed by atoms with E-state index in [0.717, 1.165) is 49.3 Å². The molecule has 6 nitrogen and oxygen atoms in total. The molecule has 1 atom stereocenters. The fourth-order valence-corrected chi connectivity index (χ4v) is 2.98. The van der Waals surface area contributed by atoms with Gasteiger partial charge in [0.1, 0.15) is 0 Å². The van der Waals surface area contributed by atoms with Crippen LogP contribution < -0.4 is 5.32 Å². The minimum atomic E-state index is 0.0189. The van der Waals surface area contributed by atoms with Crippen molar-refractivity contribution in [1.82, 2.24) is 20.4 Å². The van der Waals surface area contributed by atoms with Gasteiger partial charge in [-0.1, -0.05) is 13.3 Å². The number of amides is 1. The van der Waals surface area contributed by atoms with Crippen molar-refractivity contribution in [3.8, 4) is 12.8 Å². The molecule has 0 aliphatic carbocycles. The molecule has 2 heterocycles. The largest absolute Gasteiger partial charge is 0.380 e. The number of nitrogens with one attached hydrogen (secondary N) is 2. The Kier molecular flexibility index (Phi) is 8.96. The van der Waals surface area contributed by atoms with Crippen LogP contribution in [0.4, 0.5) is 0 Å². The van der Waals surface area contributed by atoms with Crippen molar-refractivity contribution in [2.75, 3.05) is 33.4 Å². The summed E-state index contributed by atoms with van der Waals surface area (Å²) in [5.74, 6) is 0.0189. The highest BCUT2D eigenvalue weighted by atomic mass is 16.5. The number of methoxy groups -OCH3 is 1. The highest BCUT2D eigenvalue weighted by Crippen LogP contribution is 2.17. The average Bonchev–Trinajstić information content (AvgIpc) is 2.97. The maximum Gasteiger partial charge on any atom is 0.274 e. The zero-order valence-corrected chi connectivity index (χ0v) is 15.8. The predicted molar refractivity (Wildman–Crippen MR) is 101 cm³/mol. The lowest BCUT2D eigenvalue weighted by Gasteiger charge is -2.33. The van der Waals surface area contributed by atoms with E-state index >= 15 is 0 Å². The van der Waals surface area contributed by atoms with E-state index in [-0.39, 0.29) is 5.91 Å². The second kappa shape index (κ2) is 10.7. The number of carbonyl (C=O) groups excluding carboxylic acids is 1. The summed E-state index contributed by atoms with van der Waals surface area (Å²) < 4.78 is 5.12. The van der Waals surface area contributed by atoms with E-state index in [1.54, 1.807) is 7.11 Å². The molecule has 1 aromatic rings. The molecule has 1 aromatic heterocycles. The molecule has 2 rings (SSSR count). The Bertz CT molecular complexity index is 602. The van der Waals surface area contributed by atoms with Crippen LogP contribution in [0.25, 0.3) is 6.08 Å². The number of terminal acetylenes is 1. The lowest BCUT2D eigenvalue weighted by molar-refractivity contribution is 0.0692. The van der Waals surface area contributed by atoms with E-state index in [9.17, 15) is 4.79 Å². The van der Waals surface area contributed by atoms with Gasteiger partial charge in [-0.25, -0.2) is 0 Å². The van der Waals surface area contributed by atoms with Gasteiger partial charge >= 0.3 is 0 Å². The molecule has 0 bridgehead atoms. The number of ether oxygens (including phenoxy) is 1. The van der Waals surface area contributed by atoms with Crippen LogP contribution in [0.3, 0.4) is 0 Å². The van der Waals surface area contributed by atoms with E-state index in [1.165, 1.54) is 0 Å². The monoisotopic (exact) mass is 346 g/mol. The normalized spacial score (nSPS) is 17.8. The van der Waals surface area contributed by atoms with Crippen molar-refractivity contribution in [3.05, 3.63) is 22.5 Å². The van der Waals surface area contributed by atoms with E-state index in [2.05, 4.69) is 35.3 Å². The number of hydrogen-bond donors (Lipinski definition) is 2. The molecule has 0 radical (unpaired) electrons. The van der Waals surface area contributed by atoms with Crippen molar-refractivity contribution in [3.63, 3.8) is 0 Å². The smallest absolute Gasteiger partial charge is 0.274 e. The van der Waals surface area contributed by atoms with Gasteiger partial charge in [0.25, 0.3) is 5.91 Å². The lowest BCUT2D eigenvalue weighted by atomic mass is 10.1. The molecular formula is C19H30N4O2. The third kappa shape index (κ3) is 5.73. The van der Waals surface area contributed by atoms with Gasteiger partial charge in [0.15, 0.2) is 5.69 Å². The highest BCUT2D eigenvalue weighted by molar-refractivity contribution is 5.94. The van der Waals surface area contributed by atoms with E-state index < -0.39 is 0 Å². The molecule has 0 saturated carbocycles. The molecule has 138 valence electrons. The van der Waals surface area contributed by atoms with Gasteiger partial charge in [0.2, 0.25) is 0 Å². The van der Waals surface area contributed by atoms with Crippen LogP contribution in [0, 0.1) is 19.8 Å². The molecule has 1 amide bonds. The van der Waals surface area contributed by atoms with Crippen LogP contribution in [0.15, 0.2) is 5.57 Å². The first-order valence-corrected chi connectivity index (χ1v) is 8.63. The van der Waals surface area contributed by atoms with Gasteiger partial charge < -0.3 is 15.0 Å². The van der Waals surface area contributed by atoms with Crippen LogP contribution >= 0.6 is 0 Å². The number of nitrogens with zero attached hydrogens (tertiary/aromatic N) is 2. The first kappa shape index (κ1) is 20.9. The minimum absolute atomic E-state index is 0.0189. The standard InChI is InChI=1S/C17H28N4O2.C2H2/c1-5-6-14-10-21(8-7-18-14)17(22)16-13(3)15(19-20-16)9-12(2)11-23-4;1-2/h9,14,18H,5-8,10-11H2,1-4H3,(H,19,20);1-2H/b12-9+;. The number of rotatable bonds is 6.